The Kier molecular flexibility index (Phi) is 8.64. The van der Waals surface area contributed by atoms with E-state index in [2.05, 4.69) is 75.4 Å². The fourth-order valence-corrected chi connectivity index (χ4v) is 6.32. The zero-order valence-electron chi connectivity index (χ0n) is 23.9. The molecule has 6 heteroatoms. The van der Waals surface area contributed by atoms with E-state index >= 15 is 0 Å². The predicted octanol–water partition coefficient (Wildman–Crippen LogP) is 5.06. The topological polar surface area (TPSA) is 88.4 Å². The van der Waals surface area contributed by atoms with E-state index in [1.807, 2.05) is 12.1 Å². The molecule has 0 aromatic heterocycles. The van der Waals surface area contributed by atoms with E-state index in [1.165, 1.54) is 11.1 Å². The fourth-order valence-electron chi connectivity index (χ4n) is 6.32. The summed E-state index contributed by atoms with van der Waals surface area (Å²) in [5, 5.41) is 31.0. The number of fused-ring (bicyclic) bond motifs is 1. The number of benzene rings is 3. The third-order valence-electron chi connectivity index (χ3n) is 8.46. The van der Waals surface area contributed by atoms with Gasteiger partial charge >= 0.3 is 0 Å². The van der Waals surface area contributed by atoms with Crippen LogP contribution in [-0.4, -0.2) is 60.7 Å². The van der Waals surface area contributed by atoms with Crippen molar-refractivity contribution in [3.8, 4) is 16.9 Å². The number of aliphatic hydroxyl groups is 3. The van der Waals surface area contributed by atoms with Crippen molar-refractivity contribution in [1.29, 1.82) is 0 Å². The highest BCUT2D eigenvalue weighted by molar-refractivity contribution is 5.66. The second-order valence-corrected chi connectivity index (χ2v) is 12.3. The van der Waals surface area contributed by atoms with E-state index in [1.54, 1.807) is 7.11 Å². The molecular weight excluding hydrogens is 504 g/mol. The molecule has 1 aliphatic heterocycles. The molecule has 3 N–H and O–H groups in total. The van der Waals surface area contributed by atoms with E-state index in [-0.39, 0.29) is 42.8 Å². The van der Waals surface area contributed by atoms with Crippen molar-refractivity contribution in [1.82, 2.24) is 0 Å². The maximum absolute atomic E-state index is 10.6. The van der Waals surface area contributed by atoms with Gasteiger partial charge in [-0.15, -0.1) is 0 Å². The molecule has 0 spiro atoms. The van der Waals surface area contributed by atoms with Gasteiger partial charge in [-0.1, -0.05) is 81.4 Å². The minimum atomic E-state index is -0.899. The second-order valence-electron chi connectivity index (χ2n) is 12.3. The lowest BCUT2D eigenvalue weighted by molar-refractivity contribution is -0.241. The quantitative estimate of drug-likeness (QED) is 0.384. The Balaban J connectivity index is 1.60. The molecule has 0 amide bonds. The molecule has 5 rings (SSSR count). The average molecular weight is 547 g/mol. The molecule has 3 aromatic rings. The lowest BCUT2D eigenvalue weighted by Gasteiger charge is -2.41. The van der Waals surface area contributed by atoms with Gasteiger partial charge in [0.15, 0.2) is 6.29 Å². The Morgan fingerprint density at radius 3 is 2.40 bits per heavy atom. The van der Waals surface area contributed by atoms with Crippen LogP contribution in [0.25, 0.3) is 11.1 Å². The van der Waals surface area contributed by atoms with Crippen molar-refractivity contribution in [2.75, 3.05) is 26.9 Å². The molecule has 2 unspecified atom stereocenters. The van der Waals surface area contributed by atoms with Crippen molar-refractivity contribution in [3.05, 3.63) is 89.0 Å². The lowest BCUT2D eigenvalue weighted by Crippen LogP contribution is -2.44. The summed E-state index contributed by atoms with van der Waals surface area (Å²) in [5.41, 5.74) is 6.90. The third-order valence-corrected chi connectivity index (χ3v) is 8.46. The van der Waals surface area contributed by atoms with Gasteiger partial charge in [0.2, 0.25) is 0 Å². The minimum absolute atomic E-state index is 0.0273. The molecule has 2 aliphatic rings. The summed E-state index contributed by atoms with van der Waals surface area (Å²) < 4.78 is 17.6. The van der Waals surface area contributed by atoms with Gasteiger partial charge in [0.05, 0.1) is 26.4 Å². The van der Waals surface area contributed by atoms with Crippen LogP contribution in [0, 0.1) is 11.8 Å². The van der Waals surface area contributed by atoms with E-state index in [0.29, 0.717) is 6.61 Å². The number of aliphatic hydroxyl groups excluding tert-OH is 3. The molecule has 1 fully saturated rings. The van der Waals surface area contributed by atoms with Crippen molar-refractivity contribution in [2.24, 2.45) is 11.8 Å². The Hall–Kier alpha value is -2.74. The van der Waals surface area contributed by atoms with E-state index < -0.39 is 18.5 Å². The summed E-state index contributed by atoms with van der Waals surface area (Å²) in [6.45, 7) is 7.02. The van der Waals surface area contributed by atoms with Crippen LogP contribution in [0.15, 0.2) is 66.7 Å². The molecule has 1 aliphatic carbocycles. The van der Waals surface area contributed by atoms with E-state index in [4.69, 9.17) is 14.2 Å². The molecule has 6 atom stereocenters. The predicted molar refractivity (Wildman–Crippen MR) is 156 cm³/mol. The molecule has 214 valence electrons. The standard InChI is InChI=1S/C34H42O6/c1-34(2,3)29-16-24(12-13-31(29)38-4)32-27-15-22(21-8-6-5-7-9-21)10-11-23(27)14-25(18-35)28(32)20-40-33-30(37)17-26(36)19-39-33/h5-13,15-16,25-26,28,30,32-33,35-37H,14,17-20H2,1-4H3/t25?,26-,28+,30+,32?,33-/m0/s1. The minimum Gasteiger partial charge on any atom is -0.496 e. The van der Waals surface area contributed by atoms with Gasteiger partial charge in [0.25, 0.3) is 0 Å². The molecule has 0 radical (unpaired) electrons. The molecule has 1 saturated heterocycles. The van der Waals surface area contributed by atoms with Crippen LogP contribution in [0.3, 0.4) is 0 Å². The van der Waals surface area contributed by atoms with Gasteiger partial charge in [-0.3, -0.25) is 0 Å². The zero-order valence-corrected chi connectivity index (χ0v) is 23.9. The fraction of sp³-hybridized carbons (Fsp3) is 0.471. The third kappa shape index (κ3) is 5.97. The van der Waals surface area contributed by atoms with Crippen LogP contribution in [0.4, 0.5) is 0 Å². The lowest BCUT2D eigenvalue weighted by atomic mass is 9.66. The first-order valence-corrected chi connectivity index (χ1v) is 14.3. The molecule has 0 saturated carbocycles. The van der Waals surface area contributed by atoms with Gasteiger partial charge in [0, 0.05) is 18.9 Å². The summed E-state index contributed by atoms with van der Waals surface area (Å²) >= 11 is 0. The maximum atomic E-state index is 10.6. The van der Waals surface area contributed by atoms with Gasteiger partial charge in [-0.05, 0) is 63.1 Å². The van der Waals surface area contributed by atoms with Gasteiger partial charge in [-0.2, -0.15) is 0 Å². The number of methoxy groups -OCH3 is 1. The van der Waals surface area contributed by atoms with Crippen molar-refractivity contribution < 1.29 is 29.5 Å². The van der Waals surface area contributed by atoms with Crippen LogP contribution in [0.1, 0.15) is 55.4 Å². The highest BCUT2D eigenvalue weighted by Gasteiger charge is 2.40. The van der Waals surface area contributed by atoms with Gasteiger partial charge < -0.3 is 29.5 Å². The number of ether oxygens (including phenoxy) is 3. The summed E-state index contributed by atoms with van der Waals surface area (Å²) in [6, 6.07) is 23.5. The molecule has 6 nitrogen and oxygen atoms in total. The second kappa shape index (κ2) is 12.0. The van der Waals surface area contributed by atoms with Gasteiger partial charge in [-0.25, -0.2) is 0 Å². The summed E-state index contributed by atoms with van der Waals surface area (Å²) in [7, 11) is 1.71. The Morgan fingerprint density at radius 2 is 1.73 bits per heavy atom. The first kappa shape index (κ1) is 28.8. The summed E-state index contributed by atoms with van der Waals surface area (Å²) in [5.74, 6) is 0.705. The maximum Gasteiger partial charge on any atom is 0.183 e. The Bertz CT molecular complexity index is 1280. The first-order valence-electron chi connectivity index (χ1n) is 14.3. The molecule has 1 heterocycles. The van der Waals surface area contributed by atoms with Crippen LogP contribution < -0.4 is 4.74 Å². The van der Waals surface area contributed by atoms with Crippen molar-refractivity contribution in [2.45, 2.75) is 63.4 Å². The van der Waals surface area contributed by atoms with Crippen LogP contribution in [0.5, 0.6) is 5.75 Å². The zero-order chi connectivity index (χ0) is 28.4. The number of hydrogen-bond donors (Lipinski definition) is 3. The molecule has 40 heavy (non-hydrogen) atoms. The Labute approximate surface area is 237 Å². The molecule has 3 aromatic carbocycles. The monoisotopic (exact) mass is 546 g/mol. The average Bonchev–Trinajstić information content (AvgIpc) is 2.95. The first-order chi connectivity index (χ1) is 19.2. The number of rotatable bonds is 7. The molecular formula is C34H42O6. The van der Waals surface area contributed by atoms with Gasteiger partial charge in [0.1, 0.15) is 11.9 Å². The van der Waals surface area contributed by atoms with E-state index in [9.17, 15) is 15.3 Å². The Morgan fingerprint density at radius 1 is 0.950 bits per heavy atom. The van der Waals surface area contributed by atoms with Crippen LogP contribution in [-0.2, 0) is 21.3 Å². The SMILES string of the molecule is COc1ccc(C2c3cc(-c4ccccc4)ccc3CC(CO)[C@H]2CO[C@@H]2OC[C@@H](O)C[C@H]2O)cc1C(C)(C)C. The molecule has 0 bridgehead atoms. The van der Waals surface area contributed by atoms with E-state index in [0.717, 1.165) is 34.4 Å². The van der Waals surface area contributed by atoms with Crippen molar-refractivity contribution in [3.63, 3.8) is 0 Å². The largest absolute Gasteiger partial charge is 0.496 e. The normalized spacial score (nSPS) is 26.8. The van der Waals surface area contributed by atoms with Crippen molar-refractivity contribution >= 4 is 0 Å². The summed E-state index contributed by atoms with van der Waals surface area (Å²) in [4.78, 5) is 0. The van der Waals surface area contributed by atoms with Crippen LogP contribution in [0.2, 0.25) is 0 Å². The summed E-state index contributed by atoms with van der Waals surface area (Å²) in [6.07, 6.45) is -1.44. The smallest absolute Gasteiger partial charge is 0.183 e. The highest BCUT2D eigenvalue weighted by Crippen LogP contribution is 2.47. The highest BCUT2D eigenvalue weighted by atomic mass is 16.7. The number of hydrogen-bond acceptors (Lipinski definition) is 6. The van der Waals surface area contributed by atoms with Crippen LogP contribution >= 0.6 is 0 Å².